The van der Waals surface area contributed by atoms with Gasteiger partial charge in [-0.25, -0.2) is 4.98 Å². The Balaban J connectivity index is 1.70. The maximum absolute atomic E-state index is 12.3. The number of amides is 1. The molecule has 0 aliphatic rings. The maximum atomic E-state index is 12.3. The van der Waals surface area contributed by atoms with E-state index in [0.717, 1.165) is 21.0 Å². The zero-order chi connectivity index (χ0) is 15.8. The Morgan fingerprint density at radius 2 is 1.78 bits per heavy atom. The second-order valence-corrected chi connectivity index (χ2v) is 6.26. The minimum absolute atomic E-state index is 0.187. The van der Waals surface area contributed by atoms with Gasteiger partial charge in [-0.1, -0.05) is 41.7 Å². The number of anilines is 2. The van der Waals surface area contributed by atoms with Gasteiger partial charge in [0.1, 0.15) is 0 Å². The van der Waals surface area contributed by atoms with Crippen LogP contribution < -0.4 is 11.1 Å². The normalized spacial score (nSPS) is 11.0. The number of nitrogens with two attached hydrogens (primary N) is 1. The van der Waals surface area contributed by atoms with Gasteiger partial charge in [0.2, 0.25) is 0 Å². The van der Waals surface area contributed by atoms with Crippen molar-refractivity contribution in [3.63, 3.8) is 0 Å². The lowest BCUT2D eigenvalue weighted by Gasteiger charge is -2.01. The fourth-order valence-corrected chi connectivity index (χ4v) is 3.40. The van der Waals surface area contributed by atoms with Gasteiger partial charge in [-0.3, -0.25) is 10.1 Å². The summed E-state index contributed by atoms with van der Waals surface area (Å²) in [4.78, 5) is 16.9. The van der Waals surface area contributed by atoms with Gasteiger partial charge in [0.25, 0.3) is 5.91 Å². The van der Waals surface area contributed by atoms with E-state index in [2.05, 4.69) is 22.4 Å². The van der Waals surface area contributed by atoms with Crippen LogP contribution in [0.15, 0.2) is 60.7 Å². The summed E-state index contributed by atoms with van der Waals surface area (Å²) >= 11 is 1.47. The largest absolute Gasteiger partial charge is 0.399 e. The van der Waals surface area contributed by atoms with E-state index in [4.69, 9.17) is 5.73 Å². The van der Waals surface area contributed by atoms with Crippen molar-refractivity contribution < 1.29 is 4.79 Å². The molecule has 0 bridgehead atoms. The summed E-state index contributed by atoms with van der Waals surface area (Å²) in [7, 11) is 0. The van der Waals surface area contributed by atoms with Gasteiger partial charge in [-0.15, -0.1) is 0 Å². The van der Waals surface area contributed by atoms with Crippen molar-refractivity contribution in [3.05, 3.63) is 66.2 Å². The van der Waals surface area contributed by atoms with Gasteiger partial charge < -0.3 is 5.73 Å². The Morgan fingerprint density at radius 1 is 1.00 bits per heavy atom. The number of hydrogen-bond donors (Lipinski definition) is 2. The number of nitrogens with one attached hydrogen (secondary N) is 1. The van der Waals surface area contributed by atoms with E-state index >= 15 is 0 Å². The molecule has 0 radical (unpaired) electrons. The second kappa shape index (κ2) is 5.37. The highest BCUT2D eigenvalue weighted by atomic mass is 32.1. The summed E-state index contributed by atoms with van der Waals surface area (Å²) in [6.07, 6.45) is 0. The van der Waals surface area contributed by atoms with Crippen molar-refractivity contribution in [1.82, 2.24) is 4.98 Å². The predicted octanol–water partition coefficient (Wildman–Crippen LogP) is 4.28. The lowest BCUT2D eigenvalue weighted by atomic mass is 10.1. The third kappa shape index (κ3) is 2.51. The highest BCUT2D eigenvalue weighted by molar-refractivity contribution is 7.22. The molecule has 3 N–H and O–H groups in total. The average molecular weight is 319 g/mol. The summed E-state index contributed by atoms with van der Waals surface area (Å²) in [5.41, 5.74) is 7.75. The maximum Gasteiger partial charge on any atom is 0.257 e. The number of carbonyl (C=O) groups is 1. The molecule has 1 aromatic heterocycles. The molecule has 0 atom stereocenters. The molecule has 112 valence electrons. The van der Waals surface area contributed by atoms with Gasteiger partial charge >= 0.3 is 0 Å². The number of thiazole rings is 1. The monoisotopic (exact) mass is 319 g/mol. The van der Waals surface area contributed by atoms with Crippen LogP contribution in [0.5, 0.6) is 0 Å². The molecular weight excluding hydrogens is 306 g/mol. The molecule has 0 aliphatic carbocycles. The fourth-order valence-electron chi connectivity index (χ4n) is 2.52. The van der Waals surface area contributed by atoms with Crippen molar-refractivity contribution in [2.24, 2.45) is 0 Å². The highest BCUT2D eigenvalue weighted by Gasteiger charge is 2.11. The van der Waals surface area contributed by atoms with Crippen LogP contribution in [0.25, 0.3) is 21.0 Å². The van der Waals surface area contributed by atoms with E-state index < -0.39 is 0 Å². The number of hydrogen-bond acceptors (Lipinski definition) is 4. The smallest absolute Gasteiger partial charge is 0.257 e. The van der Waals surface area contributed by atoms with E-state index in [-0.39, 0.29) is 5.91 Å². The molecule has 4 nitrogen and oxygen atoms in total. The third-order valence-electron chi connectivity index (χ3n) is 3.68. The van der Waals surface area contributed by atoms with Crippen molar-refractivity contribution >= 4 is 49.1 Å². The Labute approximate surface area is 136 Å². The minimum Gasteiger partial charge on any atom is -0.399 e. The first-order valence-electron chi connectivity index (χ1n) is 7.16. The molecule has 0 unspecified atom stereocenters. The summed E-state index contributed by atoms with van der Waals surface area (Å²) < 4.78 is 1.05. The molecule has 4 rings (SSSR count). The van der Waals surface area contributed by atoms with Crippen LogP contribution in [0.1, 0.15) is 10.4 Å². The van der Waals surface area contributed by atoms with Crippen LogP contribution >= 0.6 is 11.3 Å². The zero-order valence-electron chi connectivity index (χ0n) is 12.1. The SMILES string of the molecule is Nc1ccc(C(=O)Nc2nc3c(ccc4ccccc43)s2)cc1. The fraction of sp³-hybridized carbons (Fsp3) is 0. The number of carbonyl (C=O) groups excluding carboxylic acids is 1. The standard InChI is InChI=1S/C18H13N3OS/c19-13-8-5-12(6-9-13)17(22)21-18-20-16-14-4-2-1-3-11(14)7-10-15(16)23-18/h1-10H,19H2,(H,20,21,22). The Kier molecular flexibility index (Phi) is 3.20. The van der Waals surface area contributed by atoms with Gasteiger partial charge in [0.05, 0.1) is 10.2 Å². The Bertz CT molecular complexity index is 1020. The van der Waals surface area contributed by atoms with Gasteiger partial charge in [0, 0.05) is 16.6 Å². The lowest BCUT2D eigenvalue weighted by Crippen LogP contribution is -2.11. The molecule has 0 aliphatic heterocycles. The first-order valence-corrected chi connectivity index (χ1v) is 7.97. The summed E-state index contributed by atoms with van der Waals surface area (Å²) in [6.45, 7) is 0. The average Bonchev–Trinajstić information content (AvgIpc) is 2.98. The summed E-state index contributed by atoms with van der Waals surface area (Å²) in [5, 5.41) is 5.69. The van der Waals surface area contributed by atoms with Crippen LogP contribution in [0.2, 0.25) is 0 Å². The molecule has 5 heteroatoms. The number of rotatable bonds is 2. The predicted molar refractivity (Wildman–Crippen MR) is 95.9 cm³/mol. The molecule has 0 spiro atoms. The van der Waals surface area contributed by atoms with Crippen LogP contribution in [0.3, 0.4) is 0 Å². The van der Waals surface area contributed by atoms with Crippen molar-refractivity contribution in [1.29, 1.82) is 0 Å². The number of fused-ring (bicyclic) bond motifs is 3. The van der Waals surface area contributed by atoms with Gasteiger partial charge in [-0.2, -0.15) is 0 Å². The highest BCUT2D eigenvalue weighted by Crippen LogP contribution is 2.31. The third-order valence-corrected chi connectivity index (χ3v) is 4.61. The molecule has 0 saturated heterocycles. The summed E-state index contributed by atoms with van der Waals surface area (Å²) in [6, 6.07) is 19.0. The van der Waals surface area contributed by atoms with Crippen LogP contribution in [0.4, 0.5) is 10.8 Å². The zero-order valence-corrected chi connectivity index (χ0v) is 12.9. The molecule has 3 aromatic carbocycles. The van der Waals surface area contributed by atoms with E-state index in [0.29, 0.717) is 16.4 Å². The molecule has 23 heavy (non-hydrogen) atoms. The molecule has 4 aromatic rings. The van der Waals surface area contributed by atoms with Crippen LogP contribution in [0, 0.1) is 0 Å². The molecule has 0 fully saturated rings. The van der Waals surface area contributed by atoms with Crippen molar-refractivity contribution in [2.75, 3.05) is 11.1 Å². The van der Waals surface area contributed by atoms with Crippen molar-refractivity contribution in [3.8, 4) is 0 Å². The number of nitrogens with zero attached hydrogens (tertiary/aromatic N) is 1. The van der Waals surface area contributed by atoms with Gasteiger partial charge in [-0.05, 0) is 35.7 Å². The van der Waals surface area contributed by atoms with Crippen LogP contribution in [-0.2, 0) is 0 Å². The number of benzene rings is 3. The quantitative estimate of drug-likeness (QED) is 0.542. The molecule has 1 heterocycles. The van der Waals surface area contributed by atoms with Crippen LogP contribution in [-0.4, -0.2) is 10.9 Å². The van der Waals surface area contributed by atoms with E-state index in [1.54, 1.807) is 24.3 Å². The Hall–Kier alpha value is -2.92. The lowest BCUT2D eigenvalue weighted by molar-refractivity contribution is 0.102. The molecule has 0 saturated carbocycles. The number of nitrogen functional groups attached to an aromatic ring is 1. The first-order chi connectivity index (χ1) is 11.2. The van der Waals surface area contributed by atoms with E-state index in [1.165, 1.54) is 11.3 Å². The molecular formula is C18H13N3OS. The number of aromatic nitrogens is 1. The topological polar surface area (TPSA) is 68.0 Å². The second-order valence-electron chi connectivity index (χ2n) is 5.23. The minimum atomic E-state index is -0.187. The van der Waals surface area contributed by atoms with Gasteiger partial charge in [0.15, 0.2) is 5.13 Å². The van der Waals surface area contributed by atoms with Crippen molar-refractivity contribution in [2.45, 2.75) is 0 Å². The summed E-state index contributed by atoms with van der Waals surface area (Å²) in [5.74, 6) is -0.187. The first kappa shape index (κ1) is 13.7. The van der Waals surface area contributed by atoms with E-state index in [9.17, 15) is 4.79 Å². The Morgan fingerprint density at radius 3 is 2.61 bits per heavy atom. The van der Waals surface area contributed by atoms with E-state index in [1.807, 2.05) is 24.3 Å². The molecule has 1 amide bonds.